The molecular formula is C15H14BrN3O3. The Morgan fingerprint density at radius 2 is 2.27 bits per heavy atom. The molecule has 0 spiro atoms. The van der Waals surface area contributed by atoms with E-state index in [1.807, 2.05) is 6.07 Å². The number of phenols is 1. The zero-order chi connectivity index (χ0) is 16.3. The van der Waals surface area contributed by atoms with Crippen LogP contribution in [0.25, 0.3) is 6.08 Å². The van der Waals surface area contributed by atoms with E-state index in [2.05, 4.69) is 21.0 Å². The minimum absolute atomic E-state index is 0.00318. The fourth-order valence-electron chi connectivity index (χ4n) is 2.05. The zero-order valence-corrected chi connectivity index (χ0v) is 13.7. The summed E-state index contributed by atoms with van der Waals surface area (Å²) in [4.78, 5) is 12.3. The Hall–Kier alpha value is -2.33. The minimum Gasteiger partial charge on any atom is -0.503 e. The van der Waals surface area contributed by atoms with Crippen LogP contribution in [0.5, 0.6) is 11.5 Å². The lowest BCUT2D eigenvalue weighted by molar-refractivity contribution is -0.125. The molecule has 0 aliphatic carbocycles. The van der Waals surface area contributed by atoms with Crippen LogP contribution in [0.15, 0.2) is 27.3 Å². The van der Waals surface area contributed by atoms with Gasteiger partial charge < -0.3 is 9.84 Å². The standard InChI is InChI=1S/C15H14BrN3O3/c1-9-11(15(21)19(18-9)5-3-4-17)6-10-7-12(16)14(20)13(8-10)22-2/h6-8,20H,3,5H2,1-2H3/b11-6-. The SMILES string of the molecule is COc1cc(/C=C2\C(=O)N(CCC#N)N=C2C)cc(Br)c1O. The molecule has 0 unspecified atom stereocenters. The third-order valence-electron chi connectivity index (χ3n) is 3.14. The third-order valence-corrected chi connectivity index (χ3v) is 3.75. The fraction of sp³-hybridized carbons (Fsp3) is 0.267. The molecular weight excluding hydrogens is 350 g/mol. The number of benzene rings is 1. The molecule has 0 saturated heterocycles. The van der Waals surface area contributed by atoms with Crippen LogP contribution in [-0.4, -0.2) is 35.4 Å². The van der Waals surface area contributed by atoms with E-state index in [0.29, 0.717) is 27.1 Å². The number of nitriles is 1. The summed E-state index contributed by atoms with van der Waals surface area (Å²) in [5.41, 5.74) is 1.74. The van der Waals surface area contributed by atoms with Crippen molar-refractivity contribution in [3.63, 3.8) is 0 Å². The van der Waals surface area contributed by atoms with Crippen LogP contribution in [-0.2, 0) is 4.79 Å². The molecule has 0 atom stereocenters. The first kappa shape index (κ1) is 16.0. The van der Waals surface area contributed by atoms with E-state index in [1.54, 1.807) is 25.1 Å². The molecule has 6 nitrogen and oxygen atoms in total. The average Bonchev–Trinajstić information content (AvgIpc) is 2.76. The van der Waals surface area contributed by atoms with Crippen molar-refractivity contribution in [2.45, 2.75) is 13.3 Å². The zero-order valence-electron chi connectivity index (χ0n) is 12.1. The van der Waals surface area contributed by atoms with Crippen molar-refractivity contribution in [2.75, 3.05) is 13.7 Å². The molecule has 0 saturated carbocycles. The van der Waals surface area contributed by atoms with Crippen molar-refractivity contribution in [1.29, 1.82) is 5.26 Å². The highest BCUT2D eigenvalue weighted by atomic mass is 79.9. The van der Waals surface area contributed by atoms with Crippen LogP contribution in [0.4, 0.5) is 0 Å². The van der Waals surface area contributed by atoms with E-state index in [4.69, 9.17) is 10.00 Å². The number of halogens is 1. The van der Waals surface area contributed by atoms with Gasteiger partial charge in [0.05, 0.1) is 41.9 Å². The monoisotopic (exact) mass is 363 g/mol. The van der Waals surface area contributed by atoms with E-state index in [-0.39, 0.29) is 24.6 Å². The van der Waals surface area contributed by atoms with Gasteiger partial charge in [-0.1, -0.05) is 0 Å². The lowest BCUT2D eigenvalue weighted by Gasteiger charge is -2.09. The van der Waals surface area contributed by atoms with Crippen LogP contribution >= 0.6 is 15.9 Å². The first-order valence-electron chi connectivity index (χ1n) is 6.50. The van der Waals surface area contributed by atoms with Crippen LogP contribution in [0.3, 0.4) is 0 Å². The van der Waals surface area contributed by atoms with Gasteiger partial charge in [0.2, 0.25) is 0 Å². The lowest BCUT2D eigenvalue weighted by Crippen LogP contribution is -2.22. The normalized spacial score (nSPS) is 15.9. The number of amides is 1. The van der Waals surface area contributed by atoms with Gasteiger partial charge in [0.25, 0.3) is 5.91 Å². The highest BCUT2D eigenvalue weighted by Crippen LogP contribution is 2.36. The molecule has 1 aromatic carbocycles. The van der Waals surface area contributed by atoms with Gasteiger partial charge in [-0.15, -0.1) is 0 Å². The number of carbonyl (C=O) groups is 1. The number of nitrogens with zero attached hydrogens (tertiary/aromatic N) is 3. The Morgan fingerprint density at radius 1 is 1.55 bits per heavy atom. The topological polar surface area (TPSA) is 85.9 Å². The second-order valence-electron chi connectivity index (χ2n) is 4.63. The molecule has 2 rings (SSSR count). The quantitative estimate of drug-likeness (QED) is 0.833. The van der Waals surface area contributed by atoms with Crippen molar-refractivity contribution in [2.24, 2.45) is 5.10 Å². The number of carbonyl (C=O) groups excluding carboxylic acids is 1. The molecule has 1 heterocycles. The Bertz CT molecular complexity index is 719. The largest absolute Gasteiger partial charge is 0.503 e. The highest BCUT2D eigenvalue weighted by Gasteiger charge is 2.27. The number of ether oxygens (including phenoxy) is 1. The van der Waals surface area contributed by atoms with E-state index in [9.17, 15) is 9.90 Å². The van der Waals surface area contributed by atoms with E-state index in [1.165, 1.54) is 12.1 Å². The maximum absolute atomic E-state index is 12.3. The van der Waals surface area contributed by atoms with E-state index < -0.39 is 0 Å². The molecule has 1 aliphatic rings. The molecule has 22 heavy (non-hydrogen) atoms. The number of aromatic hydroxyl groups is 1. The lowest BCUT2D eigenvalue weighted by atomic mass is 10.1. The van der Waals surface area contributed by atoms with Gasteiger partial charge in [-0.2, -0.15) is 10.4 Å². The third kappa shape index (κ3) is 3.12. The van der Waals surface area contributed by atoms with Crippen molar-refractivity contribution < 1.29 is 14.6 Å². The van der Waals surface area contributed by atoms with Gasteiger partial charge in [0, 0.05) is 0 Å². The molecule has 1 aromatic rings. The van der Waals surface area contributed by atoms with Crippen LogP contribution in [0, 0.1) is 11.3 Å². The van der Waals surface area contributed by atoms with Gasteiger partial charge in [-0.05, 0) is 46.6 Å². The van der Waals surface area contributed by atoms with Gasteiger partial charge in [0.1, 0.15) is 0 Å². The number of methoxy groups -OCH3 is 1. The first-order valence-corrected chi connectivity index (χ1v) is 7.29. The summed E-state index contributed by atoms with van der Waals surface area (Å²) >= 11 is 3.24. The minimum atomic E-state index is -0.240. The van der Waals surface area contributed by atoms with Crippen molar-refractivity contribution in [3.05, 3.63) is 27.7 Å². The van der Waals surface area contributed by atoms with Crippen LogP contribution in [0.1, 0.15) is 18.9 Å². The molecule has 1 amide bonds. The molecule has 0 fully saturated rings. The number of hydrazone groups is 1. The maximum atomic E-state index is 12.3. The molecule has 0 aromatic heterocycles. The Labute approximate surface area is 136 Å². The Kier molecular flexibility index (Phi) is 4.83. The molecule has 0 radical (unpaired) electrons. The van der Waals surface area contributed by atoms with Crippen molar-refractivity contribution >= 4 is 33.6 Å². The summed E-state index contributed by atoms with van der Waals surface area (Å²) in [5.74, 6) is 0.0712. The van der Waals surface area contributed by atoms with Gasteiger partial charge in [0.15, 0.2) is 11.5 Å². The summed E-state index contributed by atoms with van der Waals surface area (Å²) in [6, 6.07) is 5.30. The molecule has 7 heteroatoms. The average molecular weight is 364 g/mol. The fourth-order valence-corrected chi connectivity index (χ4v) is 2.51. The summed E-state index contributed by atoms with van der Waals surface area (Å²) in [6.45, 7) is 2.01. The van der Waals surface area contributed by atoms with Gasteiger partial charge in [-0.3, -0.25) is 4.79 Å². The molecule has 1 N–H and O–H groups in total. The number of hydrogen-bond donors (Lipinski definition) is 1. The number of phenolic OH excluding ortho intramolecular Hbond substituents is 1. The molecule has 114 valence electrons. The molecule has 0 bridgehead atoms. The summed E-state index contributed by atoms with van der Waals surface area (Å²) < 4.78 is 5.56. The predicted octanol–water partition coefficient (Wildman–Crippen LogP) is 2.68. The van der Waals surface area contributed by atoms with Crippen LogP contribution < -0.4 is 4.74 Å². The van der Waals surface area contributed by atoms with Gasteiger partial charge >= 0.3 is 0 Å². The second-order valence-corrected chi connectivity index (χ2v) is 5.49. The van der Waals surface area contributed by atoms with E-state index >= 15 is 0 Å². The van der Waals surface area contributed by atoms with Gasteiger partial charge in [-0.25, -0.2) is 5.01 Å². The van der Waals surface area contributed by atoms with Crippen molar-refractivity contribution in [1.82, 2.24) is 5.01 Å². The summed E-state index contributed by atoms with van der Waals surface area (Å²) in [7, 11) is 1.45. The molecule has 1 aliphatic heterocycles. The smallest absolute Gasteiger partial charge is 0.275 e. The predicted molar refractivity (Wildman–Crippen MR) is 85.4 cm³/mol. The Morgan fingerprint density at radius 3 is 2.91 bits per heavy atom. The Balaban J connectivity index is 2.34. The highest BCUT2D eigenvalue weighted by molar-refractivity contribution is 9.10. The summed E-state index contributed by atoms with van der Waals surface area (Å²) in [5, 5.41) is 23.8. The number of rotatable bonds is 4. The maximum Gasteiger partial charge on any atom is 0.275 e. The van der Waals surface area contributed by atoms with Crippen molar-refractivity contribution in [3.8, 4) is 17.6 Å². The summed E-state index contributed by atoms with van der Waals surface area (Å²) in [6.07, 6.45) is 1.91. The van der Waals surface area contributed by atoms with E-state index in [0.717, 1.165) is 0 Å². The first-order chi connectivity index (χ1) is 10.5. The number of hydrogen-bond acceptors (Lipinski definition) is 5. The van der Waals surface area contributed by atoms with Crippen LogP contribution in [0.2, 0.25) is 0 Å². The second kappa shape index (κ2) is 6.62.